The van der Waals surface area contributed by atoms with Gasteiger partial charge in [-0.15, -0.1) is 0 Å². The SMILES string of the molecule is COC(=O)N(Cc1ccccc1)C(=O)c1c(-c2ccccc2)c(-c2ccc(F)cc2)c(CCC(O)CC(O)CC(=O)O)n1C(C)C. The van der Waals surface area contributed by atoms with Crippen LogP contribution in [-0.2, 0) is 22.5 Å². The second kappa shape index (κ2) is 15.5. The molecule has 46 heavy (non-hydrogen) atoms. The molecule has 4 aromatic rings. The van der Waals surface area contributed by atoms with E-state index in [1.807, 2.05) is 66.9 Å². The van der Waals surface area contributed by atoms with Gasteiger partial charge in [0, 0.05) is 22.9 Å². The molecule has 9 nitrogen and oxygen atoms in total. The van der Waals surface area contributed by atoms with Crippen LogP contribution in [0.3, 0.4) is 0 Å². The van der Waals surface area contributed by atoms with Crippen molar-refractivity contribution in [2.24, 2.45) is 0 Å². The van der Waals surface area contributed by atoms with Crippen molar-refractivity contribution in [2.45, 2.75) is 64.3 Å². The molecular formula is C36H39FN2O7. The van der Waals surface area contributed by atoms with Crippen LogP contribution in [0.4, 0.5) is 9.18 Å². The number of rotatable bonds is 13. The third-order valence-electron chi connectivity index (χ3n) is 7.71. The summed E-state index contributed by atoms with van der Waals surface area (Å²) in [4.78, 5) is 40.0. The van der Waals surface area contributed by atoms with Gasteiger partial charge in [-0.1, -0.05) is 72.8 Å². The van der Waals surface area contributed by atoms with Crippen LogP contribution in [0.1, 0.15) is 60.9 Å². The van der Waals surface area contributed by atoms with E-state index >= 15 is 0 Å². The Balaban J connectivity index is 1.96. The lowest BCUT2D eigenvalue weighted by atomic mass is 9.92. The highest BCUT2D eigenvalue weighted by Crippen LogP contribution is 2.43. The van der Waals surface area contributed by atoms with Crippen molar-refractivity contribution in [3.8, 4) is 22.3 Å². The molecule has 3 N–H and O–H groups in total. The van der Waals surface area contributed by atoms with Gasteiger partial charge in [0.2, 0.25) is 0 Å². The molecule has 0 saturated heterocycles. The highest BCUT2D eigenvalue weighted by Gasteiger charge is 2.35. The Labute approximate surface area is 267 Å². The van der Waals surface area contributed by atoms with E-state index in [1.165, 1.54) is 19.2 Å². The van der Waals surface area contributed by atoms with E-state index < -0.39 is 42.4 Å². The smallest absolute Gasteiger partial charge is 0.416 e. The molecule has 2 amide bonds. The number of aromatic nitrogens is 1. The number of hydrogen-bond acceptors (Lipinski definition) is 6. The maximum absolute atomic E-state index is 14.7. The van der Waals surface area contributed by atoms with Gasteiger partial charge >= 0.3 is 12.1 Å². The Bertz CT molecular complexity index is 1640. The number of carbonyl (C=O) groups excluding carboxylic acids is 2. The van der Waals surface area contributed by atoms with E-state index in [-0.39, 0.29) is 37.5 Å². The molecule has 0 fully saturated rings. The molecule has 0 bridgehead atoms. The van der Waals surface area contributed by atoms with Crippen molar-refractivity contribution < 1.29 is 38.8 Å². The first-order valence-electron chi connectivity index (χ1n) is 15.1. The molecule has 3 aromatic carbocycles. The first-order valence-corrected chi connectivity index (χ1v) is 15.1. The number of carbonyl (C=O) groups is 3. The van der Waals surface area contributed by atoms with E-state index in [0.29, 0.717) is 33.5 Å². The number of aliphatic carboxylic acids is 1. The van der Waals surface area contributed by atoms with Gasteiger partial charge in [-0.05, 0) is 61.9 Å². The molecule has 0 aliphatic carbocycles. The lowest BCUT2D eigenvalue weighted by Gasteiger charge is -2.24. The van der Waals surface area contributed by atoms with Gasteiger partial charge in [-0.3, -0.25) is 9.59 Å². The molecule has 1 aromatic heterocycles. The fourth-order valence-electron chi connectivity index (χ4n) is 5.72. The monoisotopic (exact) mass is 630 g/mol. The van der Waals surface area contributed by atoms with Crippen molar-refractivity contribution >= 4 is 18.0 Å². The molecular weight excluding hydrogens is 591 g/mol. The number of aliphatic hydroxyl groups is 2. The summed E-state index contributed by atoms with van der Waals surface area (Å²) in [6, 6.07) is 23.9. The number of ether oxygens (including phenoxy) is 1. The minimum atomic E-state index is -1.23. The molecule has 1 heterocycles. The fraction of sp³-hybridized carbons (Fsp3) is 0.306. The van der Waals surface area contributed by atoms with Crippen molar-refractivity contribution in [3.05, 3.63) is 108 Å². The molecule has 0 aliphatic rings. The van der Waals surface area contributed by atoms with Crippen LogP contribution >= 0.6 is 0 Å². The van der Waals surface area contributed by atoms with Crippen LogP contribution in [0.2, 0.25) is 0 Å². The molecule has 10 heteroatoms. The molecule has 2 unspecified atom stereocenters. The maximum atomic E-state index is 14.7. The van der Waals surface area contributed by atoms with Crippen LogP contribution in [0, 0.1) is 5.82 Å². The summed E-state index contributed by atoms with van der Waals surface area (Å²) < 4.78 is 21.1. The van der Waals surface area contributed by atoms with Crippen molar-refractivity contribution in [2.75, 3.05) is 7.11 Å². The maximum Gasteiger partial charge on any atom is 0.416 e. The largest absolute Gasteiger partial charge is 0.481 e. The van der Waals surface area contributed by atoms with E-state index in [9.17, 15) is 29.0 Å². The second-order valence-electron chi connectivity index (χ2n) is 11.4. The van der Waals surface area contributed by atoms with Crippen LogP contribution < -0.4 is 0 Å². The first-order chi connectivity index (χ1) is 22.0. The Morgan fingerprint density at radius 2 is 1.43 bits per heavy atom. The third kappa shape index (κ3) is 8.07. The summed E-state index contributed by atoms with van der Waals surface area (Å²) in [6.07, 6.45) is -3.41. The topological polar surface area (TPSA) is 129 Å². The van der Waals surface area contributed by atoms with E-state index in [2.05, 4.69) is 0 Å². The average molecular weight is 631 g/mol. The molecule has 4 rings (SSSR count). The number of nitrogens with zero attached hydrogens (tertiary/aromatic N) is 2. The van der Waals surface area contributed by atoms with Crippen LogP contribution in [0.5, 0.6) is 0 Å². The van der Waals surface area contributed by atoms with E-state index in [0.717, 1.165) is 4.90 Å². The van der Waals surface area contributed by atoms with Gasteiger partial charge in [-0.2, -0.15) is 0 Å². The number of carboxylic acids is 1. The van der Waals surface area contributed by atoms with Crippen LogP contribution in [0.25, 0.3) is 22.3 Å². The van der Waals surface area contributed by atoms with Gasteiger partial charge in [0.05, 0.1) is 32.3 Å². The normalized spacial score (nSPS) is 12.5. The summed E-state index contributed by atoms with van der Waals surface area (Å²) in [7, 11) is 1.21. The number of amides is 2. The minimum absolute atomic E-state index is 0.0504. The Kier molecular flexibility index (Phi) is 11.5. The summed E-state index contributed by atoms with van der Waals surface area (Å²) in [5, 5.41) is 30.0. The highest BCUT2D eigenvalue weighted by molar-refractivity contribution is 6.09. The Morgan fingerprint density at radius 1 is 0.848 bits per heavy atom. The molecule has 0 aliphatic heterocycles. The van der Waals surface area contributed by atoms with Crippen LogP contribution in [-0.4, -0.2) is 62.1 Å². The summed E-state index contributed by atoms with van der Waals surface area (Å²) in [6.45, 7) is 3.75. The number of methoxy groups -OCH3 is 1. The zero-order valence-corrected chi connectivity index (χ0v) is 26.1. The Hall–Kier alpha value is -4.80. The Morgan fingerprint density at radius 3 is 2.00 bits per heavy atom. The zero-order valence-electron chi connectivity index (χ0n) is 26.1. The predicted octanol–water partition coefficient (Wildman–Crippen LogP) is 6.47. The molecule has 0 radical (unpaired) electrons. The lowest BCUT2D eigenvalue weighted by molar-refractivity contribution is -0.139. The number of hydrogen-bond donors (Lipinski definition) is 3. The number of imide groups is 1. The minimum Gasteiger partial charge on any atom is -0.481 e. The predicted molar refractivity (Wildman–Crippen MR) is 172 cm³/mol. The van der Waals surface area contributed by atoms with Gasteiger partial charge < -0.3 is 24.6 Å². The van der Waals surface area contributed by atoms with Gasteiger partial charge in [0.1, 0.15) is 11.5 Å². The molecule has 0 saturated carbocycles. The third-order valence-corrected chi connectivity index (χ3v) is 7.71. The average Bonchev–Trinajstić information content (AvgIpc) is 3.38. The number of aliphatic hydroxyl groups excluding tert-OH is 2. The number of benzene rings is 3. The highest BCUT2D eigenvalue weighted by atomic mass is 19.1. The summed E-state index contributed by atoms with van der Waals surface area (Å²) in [5.74, 6) is -2.21. The summed E-state index contributed by atoms with van der Waals surface area (Å²) in [5.41, 5.74) is 4.06. The van der Waals surface area contributed by atoms with E-state index in [4.69, 9.17) is 9.84 Å². The summed E-state index contributed by atoms with van der Waals surface area (Å²) >= 11 is 0. The first kappa shape index (κ1) is 34.1. The molecule has 2 atom stereocenters. The van der Waals surface area contributed by atoms with E-state index in [1.54, 1.807) is 24.3 Å². The quantitative estimate of drug-likeness (QED) is 0.154. The fourth-order valence-corrected chi connectivity index (χ4v) is 5.72. The van der Waals surface area contributed by atoms with Crippen molar-refractivity contribution in [1.29, 1.82) is 0 Å². The lowest BCUT2D eigenvalue weighted by Crippen LogP contribution is -2.38. The van der Waals surface area contributed by atoms with Gasteiger partial charge in [0.15, 0.2) is 0 Å². The zero-order chi connectivity index (χ0) is 33.4. The molecule has 0 spiro atoms. The van der Waals surface area contributed by atoms with Gasteiger partial charge in [0.25, 0.3) is 5.91 Å². The number of carboxylic acid groups (broad SMARTS) is 1. The van der Waals surface area contributed by atoms with Crippen LogP contribution in [0.15, 0.2) is 84.9 Å². The second-order valence-corrected chi connectivity index (χ2v) is 11.4. The number of halogens is 1. The van der Waals surface area contributed by atoms with Crippen molar-refractivity contribution in [1.82, 2.24) is 9.47 Å². The standard InChI is InChI=1S/C36H39FN2O7/c1-23(2)39-30(19-18-28(40)20-29(41)21-31(42)43)32(26-14-16-27(37)17-15-26)33(25-12-8-5-9-13-25)34(39)35(44)38(36(45)46-3)22-24-10-6-4-7-11-24/h4-17,23,28-29,40-41H,18-22H2,1-3H3,(H,42,43). The molecule has 242 valence electrons. The van der Waals surface area contributed by atoms with Crippen molar-refractivity contribution in [3.63, 3.8) is 0 Å². The van der Waals surface area contributed by atoms with Gasteiger partial charge in [-0.25, -0.2) is 14.1 Å².